The zero-order chi connectivity index (χ0) is 16.1. The quantitative estimate of drug-likeness (QED) is 0.860. The van der Waals surface area contributed by atoms with Crippen LogP contribution in [0.25, 0.3) is 0 Å². The minimum Gasteiger partial charge on any atom is -0.484 e. The number of carbonyl (C=O) groups is 1. The molecule has 0 bridgehead atoms. The van der Waals surface area contributed by atoms with Gasteiger partial charge in [-0.05, 0) is 49.6 Å². The summed E-state index contributed by atoms with van der Waals surface area (Å²) in [7, 11) is 0. The van der Waals surface area contributed by atoms with Gasteiger partial charge in [0.2, 0.25) is 0 Å². The molecule has 0 aliphatic rings. The maximum atomic E-state index is 12.0. The number of hydrogen-bond acceptors (Lipinski definition) is 2. The summed E-state index contributed by atoms with van der Waals surface area (Å²) in [5, 5.41) is 2.93. The number of nitrogens with one attached hydrogen (secondary N) is 1. The highest BCUT2D eigenvalue weighted by Crippen LogP contribution is 2.26. The van der Waals surface area contributed by atoms with E-state index in [1.807, 2.05) is 63.2 Å². The first-order valence-electron chi connectivity index (χ1n) is 7.21. The van der Waals surface area contributed by atoms with E-state index in [1.54, 1.807) is 0 Å². The number of carbonyl (C=O) groups excluding carboxylic acids is 1. The molecule has 0 aliphatic carbocycles. The zero-order valence-corrected chi connectivity index (χ0v) is 14.6. The van der Waals surface area contributed by atoms with E-state index in [1.165, 1.54) is 0 Å². The SMILES string of the molecule is Cc1cc(OCC(=O)NC(C)c2ccccc2)cc(C)c1Br. The first-order valence-corrected chi connectivity index (χ1v) is 8.00. The molecule has 1 unspecified atom stereocenters. The molecule has 2 rings (SSSR count). The van der Waals surface area contributed by atoms with Gasteiger partial charge in [-0.3, -0.25) is 4.79 Å². The second-order valence-corrected chi connectivity index (χ2v) is 6.15. The Morgan fingerprint density at radius 2 is 1.77 bits per heavy atom. The Balaban J connectivity index is 1.90. The van der Waals surface area contributed by atoms with Crippen molar-refractivity contribution in [2.24, 2.45) is 0 Å². The molecule has 0 heterocycles. The number of ether oxygens (including phenoxy) is 1. The van der Waals surface area contributed by atoms with Gasteiger partial charge in [-0.15, -0.1) is 0 Å². The van der Waals surface area contributed by atoms with E-state index < -0.39 is 0 Å². The van der Waals surface area contributed by atoms with Crippen molar-refractivity contribution < 1.29 is 9.53 Å². The number of benzene rings is 2. The summed E-state index contributed by atoms with van der Waals surface area (Å²) < 4.78 is 6.66. The molecule has 4 heteroatoms. The van der Waals surface area contributed by atoms with Gasteiger partial charge in [-0.25, -0.2) is 0 Å². The number of halogens is 1. The second kappa shape index (κ2) is 7.45. The van der Waals surface area contributed by atoms with Gasteiger partial charge in [-0.1, -0.05) is 46.3 Å². The monoisotopic (exact) mass is 361 g/mol. The third kappa shape index (κ3) is 4.34. The fourth-order valence-corrected chi connectivity index (χ4v) is 2.48. The predicted molar refractivity (Wildman–Crippen MR) is 92.1 cm³/mol. The molecule has 0 aliphatic heterocycles. The van der Waals surface area contributed by atoms with Crippen LogP contribution >= 0.6 is 15.9 Å². The highest BCUT2D eigenvalue weighted by atomic mass is 79.9. The van der Waals surface area contributed by atoms with Crippen LogP contribution in [0.15, 0.2) is 46.9 Å². The van der Waals surface area contributed by atoms with Crippen LogP contribution in [0.2, 0.25) is 0 Å². The normalized spacial score (nSPS) is 11.8. The Morgan fingerprint density at radius 3 is 2.36 bits per heavy atom. The molecule has 2 aromatic rings. The molecule has 3 nitrogen and oxygen atoms in total. The molecule has 22 heavy (non-hydrogen) atoms. The topological polar surface area (TPSA) is 38.3 Å². The predicted octanol–water partition coefficient (Wildman–Crippen LogP) is 4.32. The number of aryl methyl sites for hydroxylation is 2. The van der Waals surface area contributed by atoms with Crippen molar-refractivity contribution in [2.45, 2.75) is 26.8 Å². The summed E-state index contributed by atoms with van der Waals surface area (Å²) in [5.41, 5.74) is 3.26. The van der Waals surface area contributed by atoms with E-state index in [0.717, 1.165) is 21.2 Å². The van der Waals surface area contributed by atoms with Gasteiger partial charge in [0.1, 0.15) is 5.75 Å². The van der Waals surface area contributed by atoms with Crippen LogP contribution in [0.3, 0.4) is 0 Å². The summed E-state index contributed by atoms with van der Waals surface area (Å²) in [4.78, 5) is 12.0. The lowest BCUT2D eigenvalue weighted by Gasteiger charge is -2.15. The molecule has 1 N–H and O–H groups in total. The van der Waals surface area contributed by atoms with E-state index in [-0.39, 0.29) is 18.6 Å². The van der Waals surface area contributed by atoms with Gasteiger partial charge in [0.15, 0.2) is 6.61 Å². The van der Waals surface area contributed by atoms with Gasteiger partial charge in [0.25, 0.3) is 5.91 Å². The van der Waals surface area contributed by atoms with Crippen LogP contribution in [-0.2, 0) is 4.79 Å². The highest BCUT2D eigenvalue weighted by Gasteiger charge is 2.10. The average Bonchev–Trinajstić information content (AvgIpc) is 2.51. The second-order valence-electron chi connectivity index (χ2n) is 5.36. The van der Waals surface area contributed by atoms with Crippen LogP contribution in [0.5, 0.6) is 5.75 Å². The lowest BCUT2D eigenvalue weighted by molar-refractivity contribution is -0.123. The van der Waals surface area contributed by atoms with Crippen LogP contribution in [0.1, 0.15) is 29.7 Å². The smallest absolute Gasteiger partial charge is 0.258 e. The van der Waals surface area contributed by atoms with E-state index in [0.29, 0.717) is 5.75 Å². The van der Waals surface area contributed by atoms with Crippen LogP contribution in [0, 0.1) is 13.8 Å². The van der Waals surface area contributed by atoms with E-state index >= 15 is 0 Å². The average molecular weight is 362 g/mol. The Labute approximate surface area is 139 Å². The summed E-state index contributed by atoms with van der Waals surface area (Å²) in [6.45, 7) is 5.97. The number of amides is 1. The summed E-state index contributed by atoms with van der Waals surface area (Å²) in [5.74, 6) is 0.579. The first-order chi connectivity index (χ1) is 10.5. The van der Waals surface area contributed by atoms with E-state index in [2.05, 4.69) is 21.2 Å². The molecule has 0 fully saturated rings. The molecule has 0 radical (unpaired) electrons. The molecule has 0 aromatic heterocycles. The molecule has 0 saturated carbocycles. The fourth-order valence-electron chi connectivity index (χ4n) is 2.25. The molecule has 2 aromatic carbocycles. The van der Waals surface area contributed by atoms with Gasteiger partial charge < -0.3 is 10.1 Å². The Hall–Kier alpha value is -1.81. The lowest BCUT2D eigenvalue weighted by Crippen LogP contribution is -2.31. The van der Waals surface area contributed by atoms with Crippen molar-refractivity contribution in [1.29, 1.82) is 0 Å². The summed E-state index contributed by atoms with van der Waals surface area (Å²) in [6.07, 6.45) is 0. The summed E-state index contributed by atoms with van der Waals surface area (Å²) >= 11 is 3.52. The van der Waals surface area contributed by atoms with Crippen molar-refractivity contribution in [1.82, 2.24) is 5.32 Å². The maximum absolute atomic E-state index is 12.0. The van der Waals surface area contributed by atoms with Crippen LogP contribution in [0.4, 0.5) is 0 Å². The zero-order valence-electron chi connectivity index (χ0n) is 13.0. The van der Waals surface area contributed by atoms with Crippen molar-refractivity contribution in [3.05, 3.63) is 63.6 Å². The molecule has 116 valence electrons. The third-order valence-electron chi connectivity index (χ3n) is 3.46. The van der Waals surface area contributed by atoms with Gasteiger partial charge in [-0.2, -0.15) is 0 Å². The molecule has 0 spiro atoms. The van der Waals surface area contributed by atoms with Gasteiger partial charge >= 0.3 is 0 Å². The molecular weight excluding hydrogens is 342 g/mol. The maximum Gasteiger partial charge on any atom is 0.258 e. The Morgan fingerprint density at radius 1 is 1.18 bits per heavy atom. The third-order valence-corrected chi connectivity index (χ3v) is 4.71. The van der Waals surface area contributed by atoms with Crippen LogP contribution < -0.4 is 10.1 Å². The largest absolute Gasteiger partial charge is 0.484 e. The Bertz CT molecular complexity index is 632. The number of hydrogen-bond donors (Lipinski definition) is 1. The van der Waals surface area contributed by atoms with Crippen molar-refractivity contribution in [3.63, 3.8) is 0 Å². The van der Waals surface area contributed by atoms with Crippen molar-refractivity contribution in [3.8, 4) is 5.75 Å². The first kappa shape index (κ1) is 16.6. The fraction of sp³-hybridized carbons (Fsp3) is 0.278. The molecule has 1 atom stereocenters. The minimum atomic E-state index is -0.130. The van der Waals surface area contributed by atoms with E-state index in [4.69, 9.17) is 4.74 Å². The van der Waals surface area contributed by atoms with Gasteiger partial charge in [0.05, 0.1) is 6.04 Å². The number of rotatable bonds is 5. The molecule has 0 saturated heterocycles. The van der Waals surface area contributed by atoms with Crippen molar-refractivity contribution in [2.75, 3.05) is 6.61 Å². The lowest BCUT2D eigenvalue weighted by atomic mass is 10.1. The Kier molecular flexibility index (Phi) is 5.61. The standard InChI is InChI=1S/C18H20BrNO2/c1-12-9-16(10-13(2)18(12)19)22-11-17(21)20-14(3)15-7-5-4-6-8-15/h4-10,14H,11H2,1-3H3,(H,20,21). The van der Waals surface area contributed by atoms with E-state index in [9.17, 15) is 4.79 Å². The van der Waals surface area contributed by atoms with Crippen LogP contribution in [-0.4, -0.2) is 12.5 Å². The molecular formula is C18H20BrNO2. The van der Waals surface area contributed by atoms with Gasteiger partial charge in [0, 0.05) is 4.47 Å². The minimum absolute atomic E-state index is 0.0116. The summed E-state index contributed by atoms with van der Waals surface area (Å²) in [6, 6.07) is 13.7. The van der Waals surface area contributed by atoms with Crippen molar-refractivity contribution >= 4 is 21.8 Å². The molecule has 1 amide bonds. The highest BCUT2D eigenvalue weighted by molar-refractivity contribution is 9.10.